The van der Waals surface area contributed by atoms with Gasteiger partial charge in [0.25, 0.3) is 0 Å². The first kappa shape index (κ1) is 17.0. The van der Waals surface area contributed by atoms with Crippen molar-refractivity contribution in [3.05, 3.63) is 57.6 Å². The van der Waals surface area contributed by atoms with Crippen LogP contribution in [0.15, 0.2) is 30.3 Å². The van der Waals surface area contributed by atoms with E-state index in [0.29, 0.717) is 16.4 Å². The third-order valence-corrected chi connectivity index (χ3v) is 3.96. The van der Waals surface area contributed by atoms with E-state index in [9.17, 15) is 9.59 Å². The van der Waals surface area contributed by atoms with Crippen LogP contribution in [0.5, 0.6) is 0 Å². The predicted octanol–water partition coefficient (Wildman–Crippen LogP) is 4.15. The summed E-state index contributed by atoms with van der Waals surface area (Å²) in [5, 5.41) is 5.75. The molecule has 0 radical (unpaired) electrons. The summed E-state index contributed by atoms with van der Waals surface area (Å²) in [6, 6.07) is 9.02. The summed E-state index contributed by atoms with van der Waals surface area (Å²) >= 11 is 6.01. The topological polar surface area (TPSA) is 58.2 Å². The molecule has 2 rings (SSSR count). The number of carbonyl (C=O) groups is 2. The Bertz CT molecular complexity index is 762. The molecule has 2 aromatic carbocycles. The molecule has 0 fully saturated rings. The molecule has 0 aliphatic carbocycles. The molecule has 2 aromatic rings. The van der Waals surface area contributed by atoms with Crippen molar-refractivity contribution >= 4 is 34.8 Å². The fourth-order valence-electron chi connectivity index (χ4n) is 2.41. The van der Waals surface area contributed by atoms with Crippen molar-refractivity contribution < 1.29 is 9.59 Å². The molecule has 0 bridgehead atoms. The van der Waals surface area contributed by atoms with Gasteiger partial charge < -0.3 is 10.6 Å². The smallest absolute Gasteiger partial charge is 0.314 e. The van der Waals surface area contributed by atoms with Crippen molar-refractivity contribution in [2.45, 2.75) is 27.7 Å². The molecular formula is C18H19ClN2O2. The van der Waals surface area contributed by atoms with Crippen LogP contribution in [-0.2, 0) is 9.59 Å². The second-order valence-electron chi connectivity index (χ2n) is 5.65. The zero-order valence-corrected chi connectivity index (χ0v) is 14.3. The summed E-state index contributed by atoms with van der Waals surface area (Å²) in [7, 11) is 0. The lowest BCUT2D eigenvalue weighted by Crippen LogP contribution is -2.29. The van der Waals surface area contributed by atoms with Gasteiger partial charge in [0.1, 0.15) is 0 Å². The number of carbonyl (C=O) groups excluding carboxylic acids is 2. The summed E-state index contributed by atoms with van der Waals surface area (Å²) in [5.41, 5.74) is 5.00. The van der Waals surface area contributed by atoms with Gasteiger partial charge in [-0.2, -0.15) is 0 Å². The van der Waals surface area contributed by atoms with Crippen LogP contribution in [0.1, 0.15) is 22.3 Å². The molecule has 0 aromatic heterocycles. The fraction of sp³-hybridized carbons (Fsp3) is 0.222. The van der Waals surface area contributed by atoms with E-state index in [-0.39, 0.29) is 0 Å². The molecule has 0 saturated carbocycles. The average molecular weight is 331 g/mol. The summed E-state index contributed by atoms with van der Waals surface area (Å²) in [6.45, 7) is 7.64. The second kappa shape index (κ2) is 6.84. The van der Waals surface area contributed by atoms with Crippen LogP contribution in [0, 0.1) is 27.7 Å². The molecule has 5 heteroatoms. The number of hydrogen-bond donors (Lipinski definition) is 2. The van der Waals surface area contributed by atoms with Gasteiger partial charge in [0.2, 0.25) is 0 Å². The van der Waals surface area contributed by atoms with Gasteiger partial charge in [-0.1, -0.05) is 35.4 Å². The lowest BCUT2D eigenvalue weighted by atomic mass is 10.1. The molecule has 120 valence electrons. The second-order valence-corrected chi connectivity index (χ2v) is 6.05. The van der Waals surface area contributed by atoms with E-state index in [1.165, 1.54) is 0 Å². The highest BCUT2D eigenvalue weighted by Gasteiger charge is 2.16. The SMILES string of the molecule is Cc1cc(C)c(NC(=O)C(=O)Nc2ccc(C)c(Cl)c2)c(C)c1. The minimum Gasteiger partial charge on any atom is -0.318 e. The largest absolute Gasteiger partial charge is 0.318 e. The van der Waals surface area contributed by atoms with Crippen molar-refractivity contribution in [2.75, 3.05) is 10.6 Å². The van der Waals surface area contributed by atoms with Crippen molar-refractivity contribution in [1.82, 2.24) is 0 Å². The fourth-order valence-corrected chi connectivity index (χ4v) is 2.59. The van der Waals surface area contributed by atoms with E-state index in [1.54, 1.807) is 18.2 Å². The first-order valence-electron chi connectivity index (χ1n) is 7.24. The van der Waals surface area contributed by atoms with Gasteiger partial charge in [0.05, 0.1) is 0 Å². The number of benzene rings is 2. The summed E-state index contributed by atoms with van der Waals surface area (Å²) < 4.78 is 0. The number of halogens is 1. The maximum atomic E-state index is 12.1. The van der Waals surface area contributed by atoms with Crippen LogP contribution in [0.3, 0.4) is 0 Å². The van der Waals surface area contributed by atoms with Gasteiger partial charge >= 0.3 is 11.8 Å². The quantitative estimate of drug-likeness (QED) is 0.813. The monoisotopic (exact) mass is 330 g/mol. The van der Waals surface area contributed by atoms with Crippen LogP contribution >= 0.6 is 11.6 Å². The minimum atomic E-state index is -0.732. The molecule has 4 nitrogen and oxygen atoms in total. The van der Waals surface area contributed by atoms with Crippen LogP contribution < -0.4 is 10.6 Å². The zero-order chi connectivity index (χ0) is 17.1. The highest BCUT2D eigenvalue weighted by Crippen LogP contribution is 2.22. The molecular weight excluding hydrogens is 312 g/mol. The molecule has 2 N–H and O–H groups in total. The molecule has 0 aliphatic heterocycles. The molecule has 0 spiro atoms. The lowest BCUT2D eigenvalue weighted by Gasteiger charge is -2.13. The highest BCUT2D eigenvalue weighted by atomic mass is 35.5. The van der Waals surface area contributed by atoms with Crippen molar-refractivity contribution in [1.29, 1.82) is 0 Å². The minimum absolute atomic E-state index is 0.484. The van der Waals surface area contributed by atoms with E-state index in [0.717, 1.165) is 22.3 Å². The standard InChI is InChI=1S/C18H19ClN2O2/c1-10-7-12(3)16(13(4)8-10)21-18(23)17(22)20-14-6-5-11(2)15(19)9-14/h5-9H,1-4H3,(H,20,22)(H,21,23). The summed E-state index contributed by atoms with van der Waals surface area (Å²) in [4.78, 5) is 24.1. The molecule has 2 amide bonds. The van der Waals surface area contributed by atoms with Crippen LogP contribution in [0.4, 0.5) is 11.4 Å². The van der Waals surface area contributed by atoms with E-state index < -0.39 is 11.8 Å². The van der Waals surface area contributed by atoms with Gasteiger partial charge in [0, 0.05) is 16.4 Å². The van der Waals surface area contributed by atoms with Gasteiger partial charge in [-0.25, -0.2) is 0 Å². The highest BCUT2D eigenvalue weighted by molar-refractivity contribution is 6.44. The van der Waals surface area contributed by atoms with Crippen LogP contribution in [0.2, 0.25) is 5.02 Å². The van der Waals surface area contributed by atoms with Crippen molar-refractivity contribution in [2.24, 2.45) is 0 Å². The molecule has 23 heavy (non-hydrogen) atoms. The molecule has 0 unspecified atom stereocenters. The lowest BCUT2D eigenvalue weighted by molar-refractivity contribution is -0.133. The third kappa shape index (κ3) is 4.11. The number of nitrogens with one attached hydrogen (secondary N) is 2. The first-order valence-corrected chi connectivity index (χ1v) is 7.62. The summed E-state index contributed by atoms with van der Waals surface area (Å²) in [5.74, 6) is -1.44. The van der Waals surface area contributed by atoms with Gasteiger partial charge in [-0.15, -0.1) is 0 Å². The molecule has 0 heterocycles. The Hall–Kier alpha value is -2.33. The van der Waals surface area contributed by atoms with Gasteiger partial charge in [0.15, 0.2) is 0 Å². The summed E-state index contributed by atoms with van der Waals surface area (Å²) in [6.07, 6.45) is 0. The zero-order valence-electron chi connectivity index (χ0n) is 13.6. The number of hydrogen-bond acceptors (Lipinski definition) is 2. The Balaban J connectivity index is 2.11. The Morgan fingerprint density at radius 2 is 1.39 bits per heavy atom. The van der Waals surface area contributed by atoms with Crippen molar-refractivity contribution in [3.63, 3.8) is 0 Å². The Kier molecular flexibility index (Phi) is 5.06. The van der Waals surface area contributed by atoms with E-state index >= 15 is 0 Å². The maximum Gasteiger partial charge on any atom is 0.314 e. The van der Waals surface area contributed by atoms with Crippen LogP contribution in [-0.4, -0.2) is 11.8 Å². The third-order valence-electron chi connectivity index (χ3n) is 3.55. The molecule has 0 aliphatic rings. The van der Waals surface area contributed by atoms with E-state index in [1.807, 2.05) is 39.8 Å². The Morgan fingerprint density at radius 3 is 1.96 bits per heavy atom. The van der Waals surface area contributed by atoms with Gasteiger partial charge in [-0.3, -0.25) is 9.59 Å². The average Bonchev–Trinajstić information content (AvgIpc) is 2.46. The van der Waals surface area contributed by atoms with Crippen molar-refractivity contribution in [3.8, 4) is 0 Å². The normalized spacial score (nSPS) is 10.3. The first-order chi connectivity index (χ1) is 10.8. The number of rotatable bonds is 2. The number of anilines is 2. The maximum absolute atomic E-state index is 12.1. The van der Waals surface area contributed by atoms with Crippen LogP contribution in [0.25, 0.3) is 0 Å². The van der Waals surface area contributed by atoms with Gasteiger partial charge in [-0.05, 0) is 56.5 Å². The van der Waals surface area contributed by atoms with E-state index in [4.69, 9.17) is 11.6 Å². The molecule has 0 atom stereocenters. The van der Waals surface area contributed by atoms with E-state index in [2.05, 4.69) is 10.6 Å². The Morgan fingerprint density at radius 1 is 0.826 bits per heavy atom. The predicted molar refractivity (Wildman–Crippen MR) is 94.1 cm³/mol. The molecule has 0 saturated heterocycles. The Labute approximate surface area is 140 Å². The number of aryl methyl sites for hydroxylation is 4. The number of amides is 2.